The summed E-state index contributed by atoms with van der Waals surface area (Å²) in [6.45, 7) is 6.51. The number of anilines is 1. The second-order valence-electron chi connectivity index (χ2n) is 7.22. The Labute approximate surface area is 166 Å². The SMILES string of the molecule is CCc1cccc(NC(=O)Cn2nc(C)c(S(=O)(=O)N3CCCCC3)c2C)c1. The highest BCUT2D eigenvalue weighted by molar-refractivity contribution is 7.89. The van der Waals surface area contributed by atoms with Crippen LogP contribution in [-0.2, 0) is 27.8 Å². The highest BCUT2D eigenvalue weighted by Crippen LogP contribution is 2.26. The quantitative estimate of drug-likeness (QED) is 0.802. The van der Waals surface area contributed by atoms with E-state index in [4.69, 9.17) is 0 Å². The number of carbonyl (C=O) groups is 1. The number of aromatic nitrogens is 2. The lowest BCUT2D eigenvalue weighted by molar-refractivity contribution is -0.116. The lowest BCUT2D eigenvalue weighted by atomic mass is 10.1. The number of carbonyl (C=O) groups excluding carboxylic acids is 1. The van der Waals surface area contributed by atoms with Crippen molar-refractivity contribution in [2.75, 3.05) is 18.4 Å². The zero-order valence-corrected chi connectivity index (χ0v) is 17.6. The normalized spacial score (nSPS) is 15.5. The molecule has 1 fully saturated rings. The molecule has 0 bridgehead atoms. The van der Waals surface area contributed by atoms with E-state index in [2.05, 4.69) is 17.3 Å². The van der Waals surface area contributed by atoms with Gasteiger partial charge < -0.3 is 5.32 Å². The fraction of sp³-hybridized carbons (Fsp3) is 0.500. The average molecular weight is 405 g/mol. The van der Waals surface area contributed by atoms with Crippen LogP contribution >= 0.6 is 0 Å². The summed E-state index contributed by atoms with van der Waals surface area (Å²) in [5.74, 6) is -0.235. The molecule has 7 nitrogen and oxygen atoms in total. The summed E-state index contributed by atoms with van der Waals surface area (Å²) in [4.78, 5) is 12.7. The largest absolute Gasteiger partial charge is 0.324 e. The predicted molar refractivity (Wildman–Crippen MR) is 109 cm³/mol. The van der Waals surface area contributed by atoms with Gasteiger partial charge in [0, 0.05) is 18.8 Å². The Bertz CT molecular complexity index is 960. The Morgan fingerprint density at radius 1 is 1.18 bits per heavy atom. The first kappa shape index (κ1) is 20.5. The molecule has 0 spiro atoms. The van der Waals surface area contributed by atoms with Crippen LogP contribution in [0.5, 0.6) is 0 Å². The van der Waals surface area contributed by atoms with E-state index < -0.39 is 10.0 Å². The number of aryl methyl sites for hydroxylation is 2. The third kappa shape index (κ3) is 4.28. The predicted octanol–water partition coefficient (Wildman–Crippen LogP) is 2.88. The second kappa shape index (κ2) is 8.45. The molecule has 1 aliphatic rings. The van der Waals surface area contributed by atoms with Crippen molar-refractivity contribution in [2.24, 2.45) is 0 Å². The van der Waals surface area contributed by atoms with E-state index in [1.165, 1.54) is 8.99 Å². The van der Waals surface area contributed by atoms with Crippen molar-refractivity contribution < 1.29 is 13.2 Å². The number of rotatable bonds is 6. The topological polar surface area (TPSA) is 84.3 Å². The minimum absolute atomic E-state index is 0.0292. The van der Waals surface area contributed by atoms with Crippen LogP contribution < -0.4 is 5.32 Å². The van der Waals surface area contributed by atoms with Gasteiger partial charge in [-0.25, -0.2) is 8.42 Å². The van der Waals surface area contributed by atoms with Gasteiger partial charge in [-0.3, -0.25) is 9.48 Å². The van der Waals surface area contributed by atoms with Crippen molar-refractivity contribution in [3.63, 3.8) is 0 Å². The third-order valence-electron chi connectivity index (χ3n) is 5.14. The number of benzene rings is 1. The highest BCUT2D eigenvalue weighted by atomic mass is 32.2. The number of nitrogens with one attached hydrogen (secondary N) is 1. The minimum atomic E-state index is -3.59. The number of sulfonamides is 1. The molecule has 0 aliphatic carbocycles. The number of hydrogen-bond acceptors (Lipinski definition) is 4. The lowest BCUT2D eigenvalue weighted by Gasteiger charge is -2.25. The van der Waals surface area contributed by atoms with Crippen molar-refractivity contribution in [1.82, 2.24) is 14.1 Å². The molecule has 3 rings (SSSR count). The molecule has 1 N–H and O–H groups in total. The first-order valence-corrected chi connectivity index (χ1v) is 11.2. The van der Waals surface area contributed by atoms with Gasteiger partial charge in [0.2, 0.25) is 15.9 Å². The van der Waals surface area contributed by atoms with Crippen LogP contribution in [-0.4, -0.2) is 41.5 Å². The van der Waals surface area contributed by atoms with Crippen molar-refractivity contribution in [2.45, 2.75) is 57.9 Å². The van der Waals surface area contributed by atoms with Crippen LogP contribution in [0, 0.1) is 13.8 Å². The molecule has 0 atom stereocenters. The van der Waals surface area contributed by atoms with E-state index >= 15 is 0 Å². The summed E-state index contributed by atoms with van der Waals surface area (Å²) >= 11 is 0. The summed E-state index contributed by atoms with van der Waals surface area (Å²) < 4.78 is 29.1. The van der Waals surface area contributed by atoms with Crippen LogP contribution in [0.4, 0.5) is 5.69 Å². The molecule has 0 unspecified atom stereocenters. The molecule has 2 heterocycles. The molecule has 1 aromatic carbocycles. The molecule has 8 heteroatoms. The Morgan fingerprint density at radius 2 is 1.89 bits per heavy atom. The van der Waals surface area contributed by atoms with Crippen molar-refractivity contribution in [3.8, 4) is 0 Å². The number of nitrogens with zero attached hydrogens (tertiary/aromatic N) is 3. The van der Waals surface area contributed by atoms with Crippen LogP contribution in [0.25, 0.3) is 0 Å². The van der Waals surface area contributed by atoms with Gasteiger partial charge in [0.1, 0.15) is 11.4 Å². The maximum atomic E-state index is 13.1. The van der Waals surface area contributed by atoms with Gasteiger partial charge in [-0.2, -0.15) is 9.40 Å². The van der Waals surface area contributed by atoms with Crippen molar-refractivity contribution in [1.29, 1.82) is 0 Å². The zero-order valence-electron chi connectivity index (χ0n) is 16.7. The van der Waals surface area contributed by atoms with E-state index in [0.717, 1.165) is 36.9 Å². The van der Waals surface area contributed by atoms with Gasteiger partial charge >= 0.3 is 0 Å². The van der Waals surface area contributed by atoms with Crippen LogP contribution in [0.15, 0.2) is 29.2 Å². The number of piperidine rings is 1. The van der Waals surface area contributed by atoms with Crippen molar-refractivity contribution >= 4 is 21.6 Å². The van der Waals surface area contributed by atoms with Crippen LogP contribution in [0.1, 0.15) is 43.1 Å². The fourth-order valence-corrected chi connectivity index (χ4v) is 5.54. The average Bonchev–Trinajstić information content (AvgIpc) is 2.96. The van der Waals surface area contributed by atoms with E-state index in [0.29, 0.717) is 24.5 Å². The van der Waals surface area contributed by atoms with E-state index in [1.54, 1.807) is 13.8 Å². The summed E-state index contributed by atoms with van der Waals surface area (Å²) in [5, 5.41) is 7.20. The molecule has 1 amide bonds. The number of hydrogen-bond donors (Lipinski definition) is 1. The molecular weight excluding hydrogens is 376 g/mol. The molecule has 28 heavy (non-hydrogen) atoms. The molecule has 1 aliphatic heterocycles. The smallest absolute Gasteiger partial charge is 0.246 e. The van der Waals surface area contributed by atoms with Gasteiger partial charge in [0.15, 0.2) is 0 Å². The van der Waals surface area contributed by atoms with Crippen molar-refractivity contribution in [3.05, 3.63) is 41.2 Å². The van der Waals surface area contributed by atoms with E-state index in [1.807, 2.05) is 24.3 Å². The van der Waals surface area contributed by atoms with Crippen LogP contribution in [0.2, 0.25) is 0 Å². The molecule has 0 radical (unpaired) electrons. The molecule has 0 saturated carbocycles. The van der Waals surface area contributed by atoms with Gasteiger partial charge in [-0.1, -0.05) is 25.5 Å². The molecule has 152 valence electrons. The highest BCUT2D eigenvalue weighted by Gasteiger charge is 2.32. The summed E-state index contributed by atoms with van der Waals surface area (Å²) in [6, 6.07) is 7.69. The zero-order chi connectivity index (χ0) is 20.3. The Morgan fingerprint density at radius 3 is 2.57 bits per heavy atom. The maximum absolute atomic E-state index is 13.1. The Balaban J connectivity index is 1.78. The maximum Gasteiger partial charge on any atom is 0.246 e. The van der Waals surface area contributed by atoms with Gasteiger partial charge in [0.05, 0.1) is 11.4 Å². The fourth-order valence-electron chi connectivity index (χ4n) is 3.65. The summed E-state index contributed by atoms with van der Waals surface area (Å²) in [5.41, 5.74) is 2.80. The first-order valence-electron chi connectivity index (χ1n) is 9.76. The second-order valence-corrected chi connectivity index (χ2v) is 9.10. The minimum Gasteiger partial charge on any atom is -0.324 e. The monoisotopic (exact) mass is 404 g/mol. The summed E-state index contributed by atoms with van der Waals surface area (Å²) in [7, 11) is -3.59. The standard InChI is InChI=1S/C20H28N4O3S/c1-4-17-9-8-10-18(13-17)21-19(25)14-24-16(3)20(15(2)22-24)28(26,27)23-11-6-5-7-12-23/h8-10,13H,4-7,11-12,14H2,1-3H3,(H,21,25). The molecule has 2 aromatic rings. The van der Waals surface area contributed by atoms with E-state index in [9.17, 15) is 13.2 Å². The molecular formula is C20H28N4O3S. The van der Waals surface area contributed by atoms with Crippen LogP contribution in [0.3, 0.4) is 0 Å². The van der Waals surface area contributed by atoms with Gasteiger partial charge in [0.25, 0.3) is 0 Å². The molecule has 1 saturated heterocycles. The van der Waals surface area contributed by atoms with Gasteiger partial charge in [-0.05, 0) is 50.8 Å². The van der Waals surface area contributed by atoms with Gasteiger partial charge in [-0.15, -0.1) is 0 Å². The molecule has 1 aromatic heterocycles. The third-order valence-corrected chi connectivity index (χ3v) is 7.29. The lowest BCUT2D eigenvalue weighted by Crippen LogP contribution is -2.36. The Hall–Kier alpha value is -2.19. The number of amides is 1. The van der Waals surface area contributed by atoms with E-state index in [-0.39, 0.29) is 17.3 Å². The Kier molecular flexibility index (Phi) is 6.20. The first-order chi connectivity index (χ1) is 13.3. The summed E-state index contributed by atoms with van der Waals surface area (Å²) in [6.07, 6.45) is 3.71.